The molecule has 0 aliphatic heterocycles. The van der Waals surface area contributed by atoms with E-state index in [0.717, 1.165) is 40.5 Å². The van der Waals surface area contributed by atoms with Crippen molar-refractivity contribution < 1.29 is 18.7 Å². The Kier molecular flexibility index (Phi) is 6.66. The molecule has 0 unspecified atom stereocenters. The van der Waals surface area contributed by atoms with Gasteiger partial charge in [0.1, 0.15) is 17.9 Å². The zero-order chi connectivity index (χ0) is 22.3. The summed E-state index contributed by atoms with van der Waals surface area (Å²) < 4.78 is 16.6. The van der Waals surface area contributed by atoms with Crippen LogP contribution in [-0.4, -0.2) is 12.6 Å². The predicted molar refractivity (Wildman–Crippen MR) is 124 cm³/mol. The van der Waals surface area contributed by atoms with Gasteiger partial charge in [-0.3, -0.25) is 0 Å². The van der Waals surface area contributed by atoms with Crippen LogP contribution in [0.25, 0.3) is 22.1 Å². The molecule has 5 nitrogen and oxygen atoms in total. The number of benzene rings is 3. The second kappa shape index (κ2) is 9.96. The van der Waals surface area contributed by atoms with Crippen LogP contribution in [-0.2, 0) is 22.6 Å². The average molecular weight is 428 g/mol. The number of rotatable bonds is 8. The summed E-state index contributed by atoms with van der Waals surface area (Å²) in [4.78, 5) is 24.4. The molecule has 5 heteroatoms. The largest absolute Gasteiger partial charge is 0.481 e. The van der Waals surface area contributed by atoms with E-state index < -0.39 is 11.6 Å². The maximum Gasteiger partial charge on any atom is 0.344 e. The van der Waals surface area contributed by atoms with Crippen molar-refractivity contribution in [3.63, 3.8) is 0 Å². The number of aryl methyl sites for hydroxylation is 1. The fraction of sp³-hybridized carbons (Fsp3) is 0.185. The van der Waals surface area contributed by atoms with Gasteiger partial charge in [0.2, 0.25) is 0 Å². The number of fused-ring (bicyclic) bond motifs is 1. The van der Waals surface area contributed by atoms with Gasteiger partial charge in [-0.05, 0) is 34.7 Å². The van der Waals surface area contributed by atoms with Gasteiger partial charge in [-0.1, -0.05) is 74.0 Å². The summed E-state index contributed by atoms with van der Waals surface area (Å²) in [5.41, 5.74) is 3.58. The molecule has 0 spiro atoms. The molecule has 0 atom stereocenters. The number of esters is 1. The standard InChI is InChI=1S/C27H24O5/c1-2-9-21-14-23-22(20-12-7-4-8-13-20)15-26(28)32-25(23)16-24(21)30-18-27(29)31-17-19-10-5-3-6-11-19/h3-8,10-16H,2,9,17-18H2,1H3. The van der Waals surface area contributed by atoms with E-state index >= 15 is 0 Å². The average Bonchev–Trinajstić information content (AvgIpc) is 2.82. The van der Waals surface area contributed by atoms with E-state index in [1.807, 2.05) is 66.7 Å². The van der Waals surface area contributed by atoms with Crippen LogP contribution in [0.2, 0.25) is 0 Å². The minimum atomic E-state index is -0.462. The van der Waals surface area contributed by atoms with Crippen molar-refractivity contribution >= 4 is 16.9 Å². The number of hydrogen-bond acceptors (Lipinski definition) is 5. The summed E-state index contributed by atoms with van der Waals surface area (Å²) >= 11 is 0. The van der Waals surface area contributed by atoms with E-state index in [1.165, 1.54) is 6.07 Å². The Bertz CT molecular complexity index is 1260. The molecular formula is C27H24O5. The molecule has 0 saturated carbocycles. The van der Waals surface area contributed by atoms with Crippen LogP contribution in [0.15, 0.2) is 88.1 Å². The zero-order valence-corrected chi connectivity index (χ0v) is 17.9. The van der Waals surface area contributed by atoms with Gasteiger partial charge in [-0.25, -0.2) is 9.59 Å². The van der Waals surface area contributed by atoms with Gasteiger partial charge in [-0.15, -0.1) is 0 Å². The third kappa shape index (κ3) is 5.06. The predicted octanol–water partition coefficient (Wildman–Crippen LogP) is 5.53. The fourth-order valence-corrected chi connectivity index (χ4v) is 3.61. The molecule has 0 aliphatic carbocycles. The lowest BCUT2D eigenvalue weighted by molar-refractivity contribution is -0.147. The topological polar surface area (TPSA) is 65.7 Å². The fourth-order valence-electron chi connectivity index (χ4n) is 3.61. The molecule has 0 saturated heterocycles. The molecule has 0 amide bonds. The SMILES string of the molecule is CCCc1cc2c(-c3ccccc3)cc(=O)oc2cc1OCC(=O)OCc1ccccc1. The van der Waals surface area contributed by atoms with Gasteiger partial charge in [-0.2, -0.15) is 0 Å². The number of ether oxygens (including phenoxy) is 2. The van der Waals surface area contributed by atoms with Crippen LogP contribution in [0.4, 0.5) is 0 Å². The molecule has 3 aromatic carbocycles. The van der Waals surface area contributed by atoms with Crippen molar-refractivity contribution in [2.45, 2.75) is 26.4 Å². The Balaban J connectivity index is 1.59. The van der Waals surface area contributed by atoms with Crippen molar-refractivity contribution in [1.29, 1.82) is 0 Å². The Morgan fingerprint density at radius 3 is 2.38 bits per heavy atom. The Morgan fingerprint density at radius 2 is 1.66 bits per heavy atom. The van der Waals surface area contributed by atoms with Crippen LogP contribution in [0.3, 0.4) is 0 Å². The van der Waals surface area contributed by atoms with Crippen molar-refractivity contribution in [1.82, 2.24) is 0 Å². The summed E-state index contributed by atoms with van der Waals surface area (Å²) in [6.07, 6.45) is 1.66. The van der Waals surface area contributed by atoms with Crippen molar-refractivity contribution in [3.05, 3.63) is 100 Å². The summed E-state index contributed by atoms with van der Waals surface area (Å²) in [5.74, 6) is 0.0558. The van der Waals surface area contributed by atoms with Gasteiger partial charge in [0.15, 0.2) is 6.61 Å². The maximum absolute atomic E-state index is 12.2. The third-order valence-corrected chi connectivity index (χ3v) is 5.12. The first kappa shape index (κ1) is 21.4. The third-order valence-electron chi connectivity index (χ3n) is 5.12. The molecule has 4 rings (SSSR count). The number of carbonyl (C=O) groups is 1. The summed E-state index contributed by atoms with van der Waals surface area (Å²) in [6.45, 7) is 2.04. The van der Waals surface area contributed by atoms with Crippen LogP contribution < -0.4 is 10.4 Å². The maximum atomic E-state index is 12.2. The van der Waals surface area contributed by atoms with E-state index in [9.17, 15) is 9.59 Å². The van der Waals surface area contributed by atoms with Crippen molar-refractivity contribution in [3.8, 4) is 16.9 Å². The van der Waals surface area contributed by atoms with Gasteiger partial charge in [0, 0.05) is 17.5 Å². The monoisotopic (exact) mass is 428 g/mol. The van der Waals surface area contributed by atoms with E-state index in [0.29, 0.717) is 11.3 Å². The molecule has 1 heterocycles. The molecule has 4 aromatic rings. The normalized spacial score (nSPS) is 10.8. The smallest absolute Gasteiger partial charge is 0.344 e. The highest BCUT2D eigenvalue weighted by Gasteiger charge is 2.14. The van der Waals surface area contributed by atoms with Crippen molar-refractivity contribution in [2.24, 2.45) is 0 Å². The van der Waals surface area contributed by atoms with Gasteiger partial charge >= 0.3 is 11.6 Å². The molecule has 162 valence electrons. The highest BCUT2D eigenvalue weighted by molar-refractivity contribution is 5.94. The van der Waals surface area contributed by atoms with Crippen LogP contribution in [0.1, 0.15) is 24.5 Å². The Morgan fingerprint density at radius 1 is 0.938 bits per heavy atom. The second-order valence-electron chi connectivity index (χ2n) is 7.49. The molecular weight excluding hydrogens is 404 g/mol. The molecule has 0 N–H and O–H groups in total. The highest BCUT2D eigenvalue weighted by atomic mass is 16.6. The van der Waals surface area contributed by atoms with Gasteiger partial charge in [0.05, 0.1) is 0 Å². The highest BCUT2D eigenvalue weighted by Crippen LogP contribution is 2.33. The molecule has 32 heavy (non-hydrogen) atoms. The summed E-state index contributed by atoms with van der Waals surface area (Å²) in [7, 11) is 0. The number of hydrogen-bond donors (Lipinski definition) is 0. The molecule has 0 radical (unpaired) electrons. The summed E-state index contributed by atoms with van der Waals surface area (Å²) in [6, 6.07) is 24.4. The van der Waals surface area contributed by atoms with Crippen LogP contribution in [0, 0.1) is 0 Å². The first-order valence-corrected chi connectivity index (χ1v) is 10.6. The molecule has 0 bridgehead atoms. The minimum Gasteiger partial charge on any atom is -0.481 e. The molecule has 0 aliphatic rings. The minimum absolute atomic E-state index is 0.192. The molecule has 1 aromatic heterocycles. The van der Waals surface area contributed by atoms with Crippen LogP contribution in [0.5, 0.6) is 5.75 Å². The van der Waals surface area contributed by atoms with E-state index in [4.69, 9.17) is 13.9 Å². The van der Waals surface area contributed by atoms with E-state index in [-0.39, 0.29) is 13.2 Å². The lowest BCUT2D eigenvalue weighted by Gasteiger charge is -2.14. The van der Waals surface area contributed by atoms with E-state index in [1.54, 1.807) is 6.07 Å². The van der Waals surface area contributed by atoms with Crippen LogP contribution >= 0.6 is 0 Å². The Hall–Kier alpha value is -3.86. The Labute approximate surface area is 186 Å². The lowest BCUT2D eigenvalue weighted by Crippen LogP contribution is -2.15. The van der Waals surface area contributed by atoms with Gasteiger partial charge in [0.25, 0.3) is 0 Å². The molecule has 0 fully saturated rings. The first-order chi connectivity index (χ1) is 15.6. The zero-order valence-electron chi connectivity index (χ0n) is 17.9. The second-order valence-corrected chi connectivity index (χ2v) is 7.49. The lowest BCUT2D eigenvalue weighted by atomic mass is 9.98. The van der Waals surface area contributed by atoms with Crippen molar-refractivity contribution in [2.75, 3.05) is 6.61 Å². The number of carbonyl (C=O) groups excluding carboxylic acids is 1. The first-order valence-electron chi connectivity index (χ1n) is 10.6. The van der Waals surface area contributed by atoms with E-state index in [2.05, 4.69) is 6.92 Å². The quantitative estimate of drug-likeness (QED) is 0.273. The summed E-state index contributed by atoms with van der Waals surface area (Å²) in [5, 5.41) is 0.832. The van der Waals surface area contributed by atoms with Gasteiger partial charge < -0.3 is 13.9 Å².